The van der Waals surface area contributed by atoms with Crippen molar-refractivity contribution in [2.75, 3.05) is 12.8 Å². The van der Waals surface area contributed by atoms with Crippen molar-refractivity contribution in [3.63, 3.8) is 0 Å². The van der Waals surface area contributed by atoms with E-state index < -0.39 is 0 Å². The Labute approximate surface area is 111 Å². The van der Waals surface area contributed by atoms with Crippen LogP contribution in [-0.4, -0.2) is 12.1 Å². The number of hydrogen-bond acceptors (Lipinski definition) is 5. The van der Waals surface area contributed by atoms with Gasteiger partial charge in [0.25, 0.3) is 0 Å². The van der Waals surface area contributed by atoms with Crippen molar-refractivity contribution >= 4 is 16.5 Å². The summed E-state index contributed by atoms with van der Waals surface area (Å²) in [5.74, 6) is 0. The molecule has 0 aliphatic heterocycles. The Morgan fingerprint density at radius 1 is 1.28 bits per heavy atom. The van der Waals surface area contributed by atoms with Crippen molar-refractivity contribution in [3.8, 4) is 0 Å². The summed E-state index contributed by atoms with van der Waals surface area (Å²) in [4.78, 5) is 5.18. The second-order valence-corrected chi connectivity index (χ2v) is 5.12. The lowest BCUT2D eigenvalue weighted by Gasteiger charge is -2.09. The lowest BCUT2D eigenvalue weighted by molar-refractivity contribution is 0.184. The number of nitrogens with one attached hydrogen (secondary N) is 1. The second-order valence-electron chi connectivity index (χ2n) is 3.97. The first-order valence-electron chi connectivity index (χ1n) is 5.76. The summed E-state index contributed by atoms with van der Waals surface area (Å²) in [5, 5.41) is 4.01. The van der Waals surface area contributed by atoms with E-state index in [4.69, 9.17) is 10.5 Å². The van der Waals surface area contributed by atoms with E-state index in [2.05, 4.69) is 22.4 Å². The van der Waals surface area contributed by atoms with Crippen LogP contribution >= 0.6 is 11.3 Å². The van der Waals surface area contributed by atoms with Gasteiger partial charge in [0.15, 0.2) is 5.13 Å². The molecule has 0 spiro atoms. The number of nitrogens with two attached hydrogens (primary N) is 1. The van der Waals surface area contributed by atoms with E-state index in [0.717, 1.165) is 18.0 Å². The van der Waals surface area contributed by atoms with Gasteiger partial charge < -0.3 is 15.8 Å². The molecule has 3 N–H and O–H groups in total. The minimum Gasteiger partial charge on any atom is -0.380 e. The second kappa shape index (κ2) is 6.49. The monoisotopic (exact) mass is 263 g/mol. The summed E-state index contributed by atoms with van der Waals surface area (Å²) in [6.07, 6.45) is 1.81. The molecular formula is C13H17N3OS. The molecule has 0 aliphatic carbocycles. The highest BCUT2D eigenvalue weighted by atomic mass is 32.1. The van der Waals surface area contributed by atoms with Gasteiger partial charge in [-0.2, -0.15) is 0 Å². The molecule has 1 aromatic carbocycles. The van der Waals surface area contributed by atoms with Crippen molar-refractivity contribution in [2.24, 2.45) is 0 Å². The number of ether oxygens (including phenoxy) is 1. The molecule has 0 atom stereocenters. The molecule has 18 heavy (non-hydrogen) atoms. The summed E-state index contributed by atoms with van der Waals surface area (Å²) in [6.45, 7) is 2.25. The number of thiazole rings is 1. The van der Waals surface area contributed by atoms with Crippen LogP contribution in [0.25, 0.3) is 0 Å². The summed E-state index contributed by atoms with van der Waals surface area (Å²) >= 11 is 1.52. The van der Waals surface area contributed by atoms with E-state index in [1.165, 1.54) is 22.5 Å². The maximum absolute atomic E-state index is 5.59. The number of aromatic nitrogens is 1. The van der Waals surface area contributed by atoms with Crippen LogP contribution in [0.4, 0.5) is 5.13 Å². The van der Waals surface area contributed by atoms with Crippen LogP contribution < -0.4 is 11.1 Å². The minimum atomic E-state index is 0.617. The zero-order valence-electron chi connectivity index (χ0n) is 10.3. The number of rotatable bonds is 6. The zero-order valence-corrected chi connectivity index (χ0v) is 11.2. The lowest BCUT2D eigenvalue weighted by atomic mass is 10.1. The molecule has 0 unspecified atom stereocenters. The fraction of sp³-hybridized carbons (Fsp3) is 0.308. The van der Waals surface area contributed by atoms with E-state index in [1.807, 2.05) is 18.3 Å². The predicted molar refractivity (Wildman–Crippen MR) is 74.2 cm³/mol. The van der Waals surface area contributed by atoms with E-state index in [1.54, 1.807) is 7.11 Å². The van der Waals surface area contributed by atoms with E-state index >= 15 is 0 Å². The number of hydrogen-bond donors (Lipinski definition) is 2. The van der Waals surface area contributed by atoms with E-state index in [-0.39, 0.29) is 0 Å². The van der Waals surface area contributed by atoms with Gasteiger partial charge in [-0.05, 0) is 11.1 Å². The molecule has 1 aromatic heterocycles. The van der Waals surface area contributed by atoms with Crippen LogP contribution in [0.3, 0.4) is 0 Å². The number of benzene rings is 1. The van der Waals surface area contributed by atoms with Gasteiger partial charge >= 0.3 is 0 Å². The van der Waals surface area contributed by atoms with Gasteiger partial charge in [0.1, 0.15) is 0 Å². The Morgan fingerprint density at radius 3 is 2.72 bits per heavy atom. The third-order valence-electron chi connectivity index (χ3n) is 2.60. The molecule has 96 valence electrons. The van der Waals surface area contributed by atoms with Crippen molar-refractivity contribution in [1.29, 1.82) is 0 Å². The average molecular weight is 263 g/mol. The van der Waals surface area contributed by atoms with Crippen LogP contribution in [0.2, 0.25) is 0 Å². The SMILES string of the molecule is COCc1ccccc1CNCc1cnc(N)s1. The average Bonchev–Trinajstić information content (AvgIpc) is 2.78. The summed E-state index contributed by atoms with van der Waals surface area (Å²) in [5.41, 5.74) is 8.07. The van der Waals surface area contributed by atoms with Crippen molar-refractivity contribution in [2.45, 2.75) is 19.7 Å². The molecule has 0 bridgehead atoms. The topological polar surface area (TPSA) is 60.2 Å². The zero-order chi connectivity index (χ0) is 12.8. The molecule has 0 saturated heterocycles. The Balaban J connectivity index is 1.89. The normalized spacial score (nSPS) is 10.7. The Kier molecular flexibility index (Phi) is 4.69. The van der Waals surface area contributed by atoms with Crippen LogP contribution in [-0.2, 0) is 24.4 Å². The molecule has 5 heteroatoms. The summed E-state index contributed by atoms with van der Waals surface area (Å²) in [6, 6.07) is 8.27. The molecule has 0 radical (unpaired) electrons. The van der Waals surface area contributed by atoms with Gasteiger partial charge in [0, 0.05) is 31.3 Å². The number of nitrogen functional groups attached to an aromatic ring is 1. The lowest BCUT2D eigenvalue weighted by Crippen LogP contribution is -2.13. The molecule has 0 amide bonds. The first kappa shape index (κ1) is 13.0. The highest BCUT2D eigenvalue weighted by Gasteiger charge is 2.02. The fourth-order valence-corrected chi connectivity index (χ4v) is 2.40. The Hall–Kier alpha value is -1.43. The highest BCUT2D eigenvalue weighted by Crippen LogP contribution is 2.14. The third-order valence-corrected chi connectivity index (χ3v) is 3.43. The smallest absolute Gasteiger partial charge is 0.180 e. The standard InChI is InChI=1S/C13H17N3OS/c1-17-9-11-5-3-2-4-10(11)6-15-7-12-8-16-13(14)18-12/h2-5,8,15H,6-7,9H2,1H3,(H2,14,16). The number of nitrogens with zero attached hydrogens (tertiary/aromatic N) is 1. The molecule has 0 saturated carbocycles. The van der Waals surface area contributed by atoms with Gasteiger partial charge in [-0.25, -0.2) is 4.98 Å². The summed E-state index contributed by atoms with van der Waals surface area (Å²) < 4.78 is 5.18. The van der Waals surface area contributed by atoms with Crippen LogP contribution in [0, 0.1) is 0 Å². The van der Waals surface area contributed by atoms with Crippen molar-refractivity contribution in [3.05, 3.63) is 46.5 Å². The van der Waals surface area contributed by atoms with Gasteiger partial charge in [-0.1, -0.05) is 24.3 Å². The van der Waals surface area contributed by atoms with Gasteiger partial charge in [0.2, 0.25) is 0 Å². The van der Waals surface area contributed by atoms with Crippen LogP contribution in [0.5, 0.6) is 0 Å². The van der Waals surface area contributed by atoms with Crippen molar-refractivity contribution < 1.29 is 4.74 Å². The highest BCUT2D eigenvalue weighted by molar-refractivity contribution is 7.15. The Bertz CT molecular complexity index is 498. The number of anilines is 1. The molecule has 4 nitrogen and oxygen atoms in total. The van der Waals surface area contributed by atoms with Gasteiger partial charge in [-0.15, -0.1) is 11.3 Å². The van der Waals surface area contributed by atoms with Gasteiger partial charge in [0.05, 0.1) is 6.61 Å². The molecule has 1 heterocycles. The fourth-order valence-electron chi connectivity index (χ4n) is 1.75. The molecule has 0 fully saturated rings. The molecule has 2 aromatic rings. The minimum absolute atomic E-state index is 0.617. The van der Waals surface area contributed by atoms with E-state index in [0.29, 0.717) is 11.7 Å². The predicted octanol–water partition coefficient (Wildman–Crippen LogP) is 2.16. The first-order valence-corrected chi connectivity index (χ1v) is 6.58. The third kappa shape index (κ3) is 3.53. The number of methoxy groups -OCH3 is 1. The molecule has 2 rings (SSSR count). The van der Waals surface area contributed by atoms with Crippen molar-refractivity contribution in [1.82, 2.24) is 10.3 Å². The van der Waals surface area contributed by atoms with Gasteiger partial charge in [-0.3, -0.25) is 0 Å². The first-order chi connectivity index (χ1) is 8.79. The van der Waals surface area contributed by atoms with Crippen LogP contribution in [0.15, 0.2) is 30.5 Å². The largest absolute Gasteiger partial charge is 0.380 e. The van der Waals surface area contributed by atoms with Crippen LogP contribution in [0.1, 0.15) is 16.0 Å². The summed E-state index contributed by atoms with van der Waals surface area (Å²) in [7, 11) is 1.71. The molecule has 0 aliphatic rings. The maximum Gasteiger partial charge on any atom is 0.180 e. The molecular weight excluding hydrogens is 246 g/mol. The quantitative estimate of drug-likeness (QED) is 0.838. The van der Waals surface area contributed by atoms with E-state index in [9.17, 15) is 0 Å². The Morgan fingerprint density at radius 2 is 2.06 bits per heavy atom. The maximum atomic E-state index is 5.59.